The third-order valence-corrected chi connectivity index (χ3v) is 4.17. The summed E-state index contributed by atoms with van der Waals surface area (Å²) in [5, 5.41) is 0. The summed E-state index contributed by atoms with van der Waals surface area (Å²) in [7, 11) is 1.81. The molecule has 1 rings (SSSR count). The van der Waals surface area contributed by atoms with Crippen LogP contribution >= 0.6 is 0 Å². The van der Waals surface area contributed by atoms with Gasteiger partial charge in [-0.15, -0.1) is 0 Å². The van der Waals surface area contributed by atoms with E-state index in [4.69, 9.17) is 4.74 Å². The van der Waals surface area contributed by atoms with Gasteiger partial charge in [0.2, 0.25) is 0 Å². The molecule has 1 unspecified atom stereocenters. The van der Waals surface area contributed by atoms with Gasteiger partial charge in [-0.1, -0.05) is 70.9 Å². The first kappa shape index (κ1) is 18.8. The van der Waals surface area contributed by atoms with Crippen LogP contribution in [0.2, 0.25) is 0 Å². The minimum Gasteiger partial charge on any atom is -0.496 e. The maximum Gasteiger partial charge on any atom is 0.126 e. The second kappa shape index (κ2) is 8.41. The summed E-state index contributed by atoms with van der Waals surface area (Å²) in [6.45, 7) is 13.4. The highest BCUT2D eigenvalue weighted by Gasteiger charge is 2.24. The predicted octanol–water partition coefficient (Wildman–Crippen LogP) is 6.54. The zero-order valence-corrected chi connectivity index (χ0v) is 15.6. The highest BCUT2D eigenvalue weighted by Crippen LogP contribution is 2.40. The predicted molar refractivity (Wildman–Crippen MR) is 98.1 cm³/mol. The maximum absolute atomic E-state index is 5.87. The molecule has 0 bridgehead atoms. The van der Waals surface area contributed by atoms with Crippen molar-refractivity contribution in [3.8, 4) is 5.75 Å². The summed E-state index contributed by atoms with van der Waals surface area (Å²) >= 11 is 0. The van der Waals surface area contributed by atoms with Gasteiger partial charge in [-0.25, -0.2) is 0 Å². The van der Waals surface area contributed by atoms with Gasteiger partial charge < -0.3 is 4.74 Å². The van der Waals surface area contributed by atoms with Crippen molar-refractivity contribution >= 4 is 0 Å². The number of ether oxygens (including phenoxy) is 1. The first-order valence-electron chi connectivity index (χ1n) is 8.69. The number of benzene rings is 1. The molecule has 22 heavy (non-hydrogen) atoms. The van der Waals surface area contributed by atoms with E-state index in [9.17, 15) is 0 Å². The summed E-state index contributed by atoms with van der Waals surface area (Å²) in [5.74, 6) is 1.64. The van der Waals surface area contributed by atoms with Crippen LogP contribution in [0.5, 0.6) is 5.75 Å². The summed E-state index contributed by atoms with van der Waals surface area (Å²) in [6, 6.07) is 4.61. The normalized spacial score (nSPS) is 13.6. The van der Waals surface area contributed by atoms with Crippen LogP contribution in [-0.4, -0.2) is 7.11 Å². The van der Waals surface area contributed by atoms with Crippen LogP contribution in [0.25, 0.3) is 0 Å². The number of hydrogen-bond donors (Lipinski definition) is 0. The van der Waals surface area contributed by atoms with Gasteiger partial charge in [0.05, 0.1) is 7.11 Å². The molecular weight excluding hydrogens is 268 g/mol. The lowest BCUT2D eigenvalue weighted by Gasteiger charge is -2.27. The summed E-state index contributed by atoms with van der Waals surface area (Å²) in [6.07, 6.45) is 9.22. The van der Waals surface area contributed by atoms with Gasteiger partial charge in [0.25, 0.3) is 0 Å². The minimum absolute atomic E-state index is 0.0993. The van der Waals surface area contributed by atoms with Crippen molar-refractivity contribution in [3.63, 3.8) is 0 Å². The number of allylic oxidation sites excluding steroid dienone is 2. The van der Waals surface area contributed by atoms with Gasteiger partial charge in [-0.2, -0.15) is 0 Å². The molecule has 1 nitrogen and oxygen atoms in total. The van der Waals surface area contributed by atoms with E-state index in [1.165, 1.54) is 29.5 Å². The zero-order chi connectivity index (χ0) is 16.8. The SMILES string of the molecule is CC/C=C\CC(CCC)c1cc(C)cc(C(C)(C)C)c1OC. The second-order valence-corrected chi connectivity index (χ2v) is 7.29. The Balaban J connectivity index is 3.34. The van der Waals surface area contributed by atoms with Gasteiger partial charge >= 0.3 is 0 Å². The molecule has 0 radical (unpaired) electrons. The van der Waals surface area contributed by atoms with Crippen molar-refractivity contribution in [1.29, 1.82) is 0 Å². The zero-order valence-electron chi connectivity index (χ0n) is 15.6. The third kappa shape index (κ3) is 4.90. The summed E-state index contributed by atoms with van der Waals surface area (Å²) in [5.41, 5.74) is 4.14. The Kier molecular flexibility index (Phi) is 7.19. The van der Waals surface area contributed by atoms with Gasteiger partial charge in [-0.3, -0.25) is 0 Å². The Hall–Kier alpha value is -1.24. The van der Waals surface area contributed by atoms with Crippen molar-refractivity contribution in [3.05, 3.63) is 41.0 Å². The van der Waals surface area contributed by atoms with Gasteiger partial charge in [0.1, 0.15) is 5.75 Å². The van der Waals surface area contributed by atoms with Crippen LogP contribution in [0.3, 0.4) is 0 Å². The standard InChI is InChI=1S/C21H34O/c1-8-10-11-13-17(12-9-2)18-14-16(3)15-19(20(18)22-7)21(4,5)6/h10-11,14-15,17H,8-9,12-13H2,1-7H3/b11-10-. The molecule has 1 aromatic carbocycles. The average Bonchev–Trinajstić information content (AvgIpc) is 2.44. The van der Waals surface area contributed by atoms with E-state index < -0.39 is 0 Å². The Labute approximate surface area is 137 Å². The van der Waals surface area contributed by atoms with Crippen LogP contribution in [0, 0.1) is 6.92 Å². The highest BCUT2D eigenvalue weighted by molar-refractivity contribution is 5.49. The Morgan fingerprint density at radius 1 is 1.14 bits per heavy atom. The molecule has 0 fully saturated rings. The molecule has 0 spiro atoms. The minimum atomic E-state index is 0.0993. The summed E-state index contributed by atoms with van der Waals surface area (Å²) < 4.78 is 5.87. The molecule has 0 aliphatic carbocycles. The van der Waals surface area contributed by atoms with Crippen LogP contribution in [0.15, 0.2) is 24.3 Å². The molecule has 0 amide bonds. The van der Waals surface area contributed by atoms with Crippen molar-refractivity contribution < 1.29 is 4.74 Å². The fourth-order valence-electron chi connectivity index (χ4n) is 3.07. The quantitative estimate of drug-likeness (QED) is 0.519. The summed E-state index contributed by atoms with van der Waals surface area (Å²) in [4.78, 5) is 0. The first-order valence-corrected chi connectivity index (χ1v) is 8.69. The molecule has 0 saturated carbocycles. The highest BCUT2D eigenvalue weighted by atomic mass is 16.5. The van der Waals surface area contributed by atoms with Crippen molar-refractivity contribution in [1.82, 2.24) is 0 Å². The number of rotatable bonds is 7. The van der Waals surface area contributed by atoms with E-state index in [1.54, 1.807) is 0 Å². The molecule has 0 aliphatic heterocycles. The first-order chi connectivity index (χ1) is 10.3. The van der Waals surface area contributed by atoms with Crippen LogP contribution < -0.4 is 4.74 Å². The van der Waals surface area contributed by atoms with Gasteiger partial charge in [-0.05, 0) is 43.1 Å². The van der Waals surface area contributed by atoms with Crippen molar-refractivity contribution in [2.75, 3.05) is 7.11 Å². The fourth-order valence-corrected chi connectivity index (χ4v) is 3.07. The molecule has 0 heterocycles. The molecule has 1 aromatic rings. The number of aryl methyl sites for hydroxylation is 1. The Morgan fingerprint density at radius 3 is 2.32 bits per heavy atom. The molecule has 124 valence electrons. The molecule has 1 atom stereocenters. The van der Waals surface area contributed by atoms with Crippen LogP contribution in [0.1, 0.15) is 82.9 Å². The second-order valence-electron chi connectivity index (χ2n) is 7.29. The molecule has 0 N–H and O–H groups in total. The molecule has 0 saturated heterocycles. The van der Waals surface area contributed by atoms with E-state index in [2.05, 4.69) is 65.8 Å². The van der Waals surface area contributed by atoms with Crippen LogP contribution in [-0.2, 0) is 5.41 Å². The smallest absolute Gasteiger partial charge is 0.126 e. The topological polar surface area (TPSA) is 9.23 Å². The maximum atomic E-state index is 5.87. The van der Waals surface area contributed by atoms with Gasteiger partial charge in [0.15, 0.2) is 0 Å². The largest absolute Gasteiger partial charge is 0.496 e. The molecular formula is C21H34O. The Morgan fingerprint density at radius 2 is 1.82 bits per heavy atom. The van der Waals surface area contributed by atoms with Crippen molar-refractivity contribution in [2.24, 2.45) is 0 Å². The lowest BCUT2D eigenvalue weighted by Crippen LogP contribution is -2.15. The third-order valence-electron chi connectivity index (χ3n) is 4.17. The van der Waals surface area contributed by atoms with E-state index in [1.807, 2.05) is 7.11 Å². The van der Waals surface area contributed by atoms with E-state index in [0.717, 1.165) is 18.6 Å². The van der Waals surface area contributed by atoms with Crippen molar-refractivity contribution in [2.45, 2.75) is 78.6 Å². The molecule has 0 aliphatic rings. The lowest BCUT2D eigenvalue weighted by molar-refractivity contribution is 0.386. The average molecular weight is 303 g/mol. The van der Waals surface area contributed by atoms with E-state index in [0.29, 0.717) is 5.92 Å². The van der Waals surface area contributed by atoms with E-state index >= 15 is 0 Å². The molecule has 1 heteroatoms. The van der Waals surface area contributed by atoms with E-state index in [-0.39, 0.29) is 5.41 Å². The molecule has 0 aromatic heterocycles. The number of hydrogen-bond acceptors (Lipinski definition) is 1. The lowest BCUT2D eigenvalue weighted by atomic mass is 9.80. The van der Waals surface area contributed by atoms with Gasteiger partial charge in [0, 0.05) is 5.56 Å². The monoisotopic (exact) mass is 302 g/mol. The Bertz CT molecular complexity index is 491. The number of methoxy groups -OCH3 is 1. The van der Waals surface area contributed by atoms with Crippen LogP contribution in [0.4, 0.5) is 0 Å². The fraction of sp³-hybridized carbons (Fsp3) is 0.619.